The lowest BCUT2D eigenvalue weighted by Crippen LogP contribution is -2.41. The third-order valence-electron chi connectivity index (χ3n) is 2.49. The van der Waals surface area contributed by atoms with Gasteiger partial charge in [0.15, 0.2) is 5.78 Å². The number of hydrogen-bond donors (Lipinski definition) is 1. The Kier molecular flexibility index (Phi) is 4.45. The zero-order valence-electron chi connectivity index (χ0n) is 8.71. The van der Waals surface area contributed by atoms with Gasteiger partial charge in [-0.15, -0.1) is 0 Å². The van der Waals surface area contributed by atoms with E-state index in [1.54, 1.807) is 18.7 Å². The topological polar surface area (TPSA) is 46.2 Å². The van der Waals surface area contributed by atoms with Crippen LogP contribution in [0.25, 0.3) is 0 Å². The van der Waals surface area contributed by atoms with E-state index in [-0.39, 0.29) is 23.7 Å². The summed E-state index contributed by atoms with van der Waals surface area (Å²) in [6.07, 6.45) is 1.43. The smallest absolute Gasteiger partial charge is 0.224 e. The zero-order chi connectivity index (χ0) is 10.6. The molecule has 1 aliphatic heterocycles. The van der Waals surface area contributed by atoms with Crippen molar-refractivity contribution in [1.82, 2.24) is 5.32 Å². The molecule has 0 aromatic rings. The molecule has 0 saturated carbocycles. The lowest BCUT2D eigenvalue weighted by molar-refractivity contribution is -0.129. The van der Waals surface area contributed by atoms with Crippen molar-refractivity contribution >= 4 is 23.5 Å². The molecule has 4 heteroatoms. The van der Waals surface area contributed by atoms with Crippen molar-refractivity contribution in [1.29, 1.82) is 0 Å². The predicted molar refractivity (Wildman–Crippen MR) is 58.3 cm³/mol. The standard InChI is InChI=1S/C10H17NO2S/c1-3-9(12)7(2)11-10(13)8-4-5-14-6-8/h7-8H,3-6H2,1-2H3,(H,11,13). The number of amides is 1. The number of carbonyl (C=O) groups is 2. The van der Waals surface area contributed by atoms with Gasteiger partial charge in [-0.05, 0) is 19.1 Å². The van der Waals surface area contributed by atoms with E-state index in [0.29, 0.717) is 6.42 Å². The van der Waals surface area contributed by atoms with Crippen LogP contribution in [-0.4, -0.2) is 29.2 Å². The van der Waals surface area contributed by atoms with Crippen molar-refractivity contribution in [2.45, 2.75) is 32.7 Å². The summed E-state index contributed by atoms with van der Waals surface area (Å²) >= 11 is 1.81. The molecule has 0 spiro atoms. The van der Waals surface area contributed by atoms with Crippen LogP contribution in [0.15, 0.2) is 0 Å². The second-order valence-corrected chi connectivity index (χ2v) is 4.76. The minimum atomic E-state index is -0.321. The summed E-state index contributed by atoms with van der Waals surface area (Å²) in [4.78, 5) is 22.8. The number of thioether (sulfide) groups is 1. The fraction of sp³-hybridized carbons (Fsp3) is 0.800. The molecule has 0 aromatic carbocycles. The minimum Gasteiger partial charge on any atom is -0.346 e. The van der Waals surface area contributed by atoms with Gasteiger partial charge in [-0.25, -0.2) is 0 Å². The highest BCUT2D eigenvalue weighted by atomic mass is 32.2. The largest absolute Gasteiger partial charge is 0.346 e. The molecular weight excluding hydrogens is 198 g/mol. The van der Waals surface area contributed by atoms with E-state index in [1.165, 1.54) is 0 Å². The summed E-state index contributed by atoms with van der Waals surface area (Å²) in [6, 6.07) is -0.321. The Labute approximate surface area is 89.0 Å². The second kappa shape index (κ2) is 5.39. The maximum atomic E-state index is 11.6. The molecule has 2 unspecified atom stereocenters. The molecule has 2 atom stereocenters. The van der Waals surface area contributed by atoms with E-state index >= 15 is 0 Å². The van der Waals surface area contributed by atoms with Gasteiger partial charge in [0.05, 0.1) is 6.04 Å². The molecule has 1 rings (SSSR count). The molecule has 1 fully saturated rings. The van der Waals surface area contributed by atoms with Crippen LogP contribution in [0.1, 0.15) is 26.7 Å². The predicted octanol–water partition coefficient (Wildman–Crippen LogP) is 1.22. The van der Waals surface area contributed by atoms with E-state index in [0.717, 1.165) is 17.9 Å². The van der Waals surface area contributed by atoms with Crippen LogP contribution < -0.4 is 5.32 Å². The van der Waals surface area contributed by atoms with Crippen LogP contribution in [0.4, 0.5) is 0 Å². The van der Waals surface area contributed by atoms with Gasteiger partial charge in [-0.2, -0.15) is 11.8 Å². The number of rotatable bonds is 4. The average molecular weight is 215 g/mol. The van der Waals surface area contributed by atoms with Gasteiger partial charge in [-0.1, -0.05) is 6.92 Å². The van der Waals surface area contributed by atoms with Crippen LogP contribution in [0.5, 0.6) is 0 Å². The van der Waals surface area contributed by atoms with Gasteiger partial charge >= 0.3 is 0 Å². The minimum absolute atomic E-state index is 0.0456. The molecule has 0 aliphatic carbocycles. The third-order valence-corrected chi connectivity index (χ3v) is 3.65. The van der Waals surface area contributed by atoms with Gasteiger partial charge in [0.1, 0.15) is 0 Å². The molecule has 1 amide bonds. The van der Waals surface area contributed by atoms with Gasteiger partial charge < -0.3 is 5.32 Å². The second-order valence-electron chi connectivity index (χ2n) is 3.61. The molecule has 1 saturated heterocycles. The van der Waals surface area contributed by atoms with Crippen molar-refractivity contribution < 1.29 is 9.59 Å². The fourth-order valence-electron chi connectivity index (χ4n) is 1.46. The SMILES string of the molecule is CCC(=O)C(C)NC(=O)C1CCSC1. The molecule has 0 bridgehead atoms. The maximum absolute atomic E-state index is 11.6. The molecule has 1 N–H and O–H groups in total. The van der Waals surface area contributed by atoms with Crippen molar-refractivity contribution in [3.05, 3.63) is 0 Å². The Bertz CT molecular complexity index is 224. The van der Waals surface area contributed by atoms with Crippen LogP contribution in [0, 0.1) is 5.92 Å². The normalized spacial score (nSPS) is 23.1. The van der Waals surface area contributed by atoms with Crippen LogP contribution >= 0.6 is 11.8 Å². The summed E-state index contributed by atoms with van der Waals surface area (Å²) in [7, 11) is 0. The van der Waals surface area contributed by atoms with Crippen molar-refractivity contribution in [3.8, 4) is 0 Å². The summed E-state index contributed by atoms with van der Waals surface area (Å²) in [6.45, 7) is 3.57. The molecular formula is C10H17NO2S. The number of hydrogen-bond acceptors (Lipinski definition) is 3. The van der Waals surface area contributed by atoms with Crippen molar-refractivity contribution in [3.63, 3.8) is 0 Å². The average Bonchev–Trinajstić information content (AvgIpc) is 2.69. The van der Waals surface area contributed by atoms with Crippen molar-refractivity contribution in [2.75, 3.05) is 11.5 Å². The number of carbonyl (C=O) groups excluding carboxylic acids is 2. The molecule has 3 nitrogen and oxygen atoms in total. The van der Waals surface area contributed by atoms with E-state index in [4.69, 9.17) is 0 Å². The Morgan fingerprint density at radius 1 is 1.57 bits per heavy atom. The van der Waals surface area contributed by atoms with Crippen LogP contribution in [0.3, 0.4) is 0 Å². The summed E-state index contributed by atoms with van der Waals surface area (Å²) < 4.78 is 0. The Morgan fingerprint density at radius 2 is 2.29 bits per heavy atom. The van der Waals surface area contributed by atoms with Gasteiger partial charge in [-0.3, -0.25) is 9.59 Å². The monoisotopic (exact) mass is 215 g/mol. The maximum Gasteiger partial charge on any atom is 0.224 e. The van der Waals surface area contributed by atoms with E-state index in [9.17, 15) is 9.59 Å². The molecule has 0 radical (unpaired) electrons. The first-order chi connectivity index (χ1) is 6.65. The highest BCUT2D eigenvalue weighted by molar-refractivity contribution is 7.99. The van der Waals surface area contributed by atoms with Gasteiger partial charge in [0.25, 0.3) is 0 Å². The summed E-state index contributed by atoms with van der Waals surface area (Å²) in [5.74, 6) is 2.23. The third kappa shape index (κ3) is 3.01. The fourth-order valence-corrected chi connectivity index (χ4v) is 2.68. The first-order valence-electron chi connectivity index (χ1n) is 5.06. The molecule has 1 aliphatic rings. The van der Waals surface area contributed by atoms with Gasteiger partial charge in [0.2, 0.25) is 5.91 Å². The lowest BCUT2D eigenvalue weighted by Gasteiger charge is -2.14. The first kappa shape index (κ1) is 11.6. The highest BCUT2D eigenvalue weighted by Gasteiger charge is 2.25. The highest BCUT2D eigenvalue weighted by Crippen LogP contribution is 2.23. The summed E-state index contributed by atoms with van der Waals surface area (Å²) in [5, 5.41) is 2.77. The van der Waals surface area contributed by atoms with Crippen LogP contribution in [-0.2, 0) is 9.59 Å². The Balaban J connectivity index is 2.35. The van der Waals surface area contributed by atoms with E-state index < -0.39 is 0 Å². The molecule has 0 aromatic heterocycles. The molecule has 80 valence electrons. The molecule has 14 heavy (non-hydrogen) atoms. The van der Waals surface area contributed by atoms with Crippen molar-refractivity contribution in [2.24, 2.45) is 5.92 Å². The zero-order valence-corrected chi connectivity index (χ0v) is 9.52. The molecule has 1 heterocycles. The van der Waals surface area contributed by atoms with Gasteiger partial charge in [0, 0.05) is 18.1 Å². The van der Waals surface area contributed by atoms with E-state index in [2.05, 4.69) is 5.32 Å². The number of Topliss-reactive ketones (excluding diaryl/α,β-unsaturated/α-hetero) is 1. The number of ketones is 1. The lowest BCUT2D eigenvalue weighted by atomic mass is 10.1. The Morgan fingerprint density at radius 3 is 2.79 bits per heavy atom. The number of nitrogens with one attached hydrogen (secondary N) is 1. The quantitative estimate of drug-likeness (QED) is 0.767. The van der Waals surface area contributed by atoms with Crippen LogP contribution in [0.2, 0.25) is 0 Å². The van der Waals surface area contributed by atoms with E-state index in [1.807, 2.05) is 6.92 Å². The summed E-state index contributed by atoms with van der Waals surface area (Å²) in [5.41, 5.74) is 0. The first-order valence-corrected chi connectivity index (χ1v) is 6.21. The Hall–Kier alpha value is -0.510.